The SMILES string of the molecule is CCCn1cncc1C(O)Cc1cccc2ccccc12. The lowest BCUT2D eigenvalue weighted by molar-refractivity contribution is 0.169. The quantitative estimate of drug-likeness (QED) is 0.773. The van der Waals surface area contributed by atoms with Crippen molar-refractivity contribution in [2.24, 2.45) is 0 Å². The van der Waals surface area contributed by atoms with E-state index in [1.807, 2.05) is 22.8 Å². The van der Waals surface area contributed by atoms with Gasteiger partial charge >= 0.3 is 0 Å². The average molecular weight is 280 g/mol. The molecule has 3 nitrogen and oxygen atoms in total. The predicted molar refractivity (Wildman–Crippen MR) is 85.1 cm³/mol. The maximum Gasteiger partial charge on any atom is 0.0996 e. The lowest BCUT2D eigenvalue weighted by Gasteiger charge is -2.15. The highest BCUT2D eigenvalue weighted by Crippen LogP contribution is 2.24. The normalized spacial score (nSPS) is 12.7. The average Bonchev–Trinajstić information content (AvgIpc) is 2.96. The molecule has 108 valence electrons. The number of hydrogen-bond acceptors (Lipinski definition) is 2. The van der Waals surface area contributed by atoms with E-state index in [-0.39, 0.29) is 0 Å². The number of aliphatic hydroxyl groups is 1. The highest BCUT2D eigenvalue weighted by atomic mass is 16.3. The number of aryl methyl sites for hydroxylation is 1. The van der Waals surface area contributed by atoms with Crippen molar-refractivity contribution in [1.82, 2.24) is 9.55 Å². The summed E-state index contributed by atoms with van der Waals surface area (Å²) in [5.74, 6) is 0. The molecule has 0 fully saturated rings. The van der Waals surface area contributed by atoms with Gasteiger partial charge in [-0.2, -0.15) is 0 Å². The topological polar surface area (TPSA) is 38.0 Å². The monoisotopic (exact) mass is 280 g/mol. The van der Waals surface area contributed by atoms with Gasteiger partial charge in [0, 0.05) is 13.0 Å². The van der Waals surface area contributed by atoms with Gasteiger partial charge in [0.15, 0.2) is 0 Å². The molecule has 0 amide bonds. The third-order valence-electron chi connectivity index (χ3n) is 3.84. The van der Waals surface area contributed by atoms with Crippen LogP contribution in [0.2, 0.25) is 0 Å². The van der Waals surface area contributed by atoms with Gasteiger partial charge in [0.1, 0.15) is 0 Å². The molecule has 0 radical (unpaired) electrons. The first-order valence-corrected chi connectivity index (χ1v) is 7.44. The van der Waals surface area contributed by atoms with Gasteiger partial charge in [-0.15, -0.1) is 0 Å². The van der Waals surface area contributed by atoms with Crippen LogP contribution in [0.4, 0.5) is 0 Å². The minimum Gasteiger partial charge on any atom is -0.386 e. The molecule has 1 atom stereocenters. The largest absolute Gasteiger partial charge is 0.386 e. The summed E-state index contributed by atoms with van der Waals surface area (Å²) in [5, 5.41) is 13.0. The van der Waals surface area contributed by atoms with Crippen LogP contribution in [0.1, 0.15) is 30.7 Å². The number of aromatic nitrogens is 2. The molecule has 1 unspecified atom stereocenters. The molecule has 0 aliphatic carbocycles. The summed E-state index contributed by atoms with van der Waals surface area (Å²) >= 11 is 0. The van der Waals surface area contributed by atoms with Crippen molar-refractivity contribution in [3.63, 3.8) is 0 Å². The maximum absolute atomic E-state index is 10.6. The second kappa shape index (κ2) is 6.10. The standard InChI is InChI=1S/C18H20N2O/c1-2-10-20-13-19-12-17(20)18(21)11-15-8-5-7-14-6-3-4-9-16(14)15/h3-9,12-13,18,21H,2,10-11H2,1H3. The molecule has 3 aromatic rings. The summed E-state index contributed by atoms with van der Waals surface area (Å²) < 4.78 is 2.04. The van der Waals surface area contributed by atoms with Crippen LogP contribution >= 0.6 is 0 Å². The number of nitrogens with zero attached hydrogens (tertiary/aromatic N) is 2. The van der Waals surface area contributed by atoms with Gasteiger partial charge in [0.25, 0.3) is 0 Å². The van der Waals surface area contributed by atoms with Crippen LogP contribution in [0.25, 0.3) is 10.8 Å². The first kappa shape index (κ1) is 13.8. The zero-order valence-corrected chi connectivity index (χ0v) is 12.2. The second-order valence-corrected chi connectivity index (χ2v) is 5.37. The Hall–Kier alpha value is -2.13. The van der Waals surface area contributed by atoms with Gasteiger partial charge in [-0.1, -0.05) is 49.4 Å². The molecule has 1 heterocycles. The van der Waals surface area contributed by atoms with Crippen LogP contribution in [0.15, 0.2) is 55.0 Å². The first-order valence-electron chi connectivity index (χ1n) is 7.44. The molecule has 0 saturated heterocycles. The molecule has 0 aliphatic heterocycles. The Morgan fingerprint density at radius 2 is 1.95 bits per heavy atom. The third kappa shape index (κ3) is 2.83. The molecular formula is C18H20N2O. The Bertz CT molecular complexity index is 727. The summed E-state index contributed by atoms with van der Waals surface area (Å²) in [5.41, 5.74) is 2.06. The summed E-state index contributed by atoms with van der Waals surface area (Å²) in [7, 11) is 0. The van der Waals surface area contributed by atoms with Gasteiger partial charge in [-0.25, -0.2) is 4.98 Å². The van der Waals surface area contributed by atoms with Crippen LogP contribution < -0.4 is 0 Å². The first-order chi connectivity index (χ1) is 10.3. The number of benzene rings is 2. The molecule has 1 aromatic heterocycles. The van der Waals surface area contributed by atoms with E-state index in [0.29, 0.717) is 6.42 Å². The molecule has 3 heteroatoms. The Kier molecular flexibility index (Phi) is 4.02. The van der Waals surface area contributed by atoms with Crippen molar-refractivity contribution >= 4 is 10.8 Å². The van der Waals surface area contributed by atoms with Crippen LogP contribution in [0.3, 0.4) is 0 Å². The van der Waals surface area contributed by atoms with E-state index in [1.54, 1.807) is 12.5 Å². The summed E-state index contributed by atoms with van der Waals surface area (Å²) in [6, 6.07) is 14.5. The third-order valence-corrected chi connectivity index (χ3v) is 3.84. The highest BCUT2D eigenvalue weighted by molar-refractivity contribution is 5.85. The van der Waals surface area contributed by atoms with Crippen LogP contribution in [-0.2, 0) is 13.0 Å². The number of fused-ring (bicyclic) bond motifs is 1. The predicted octanol–water partition coefficient (Wildman–Crippen LogP) is 3.72. The lowest BCUT2D eigenvalue weighted by Crippen LogP contribution is -2.09. The van der Waals surface area contributed by atoms with E-state index in [2.05, 4.69) is 36.2 Å². The zero-order chi connectivity index (χ0) is 14.7. The summed E-state index contributed by atoms with van der Waals surface area (Å²) in [6.45, 7) is 3.02. The van der Waals surface area contributed by atoms with E-state index in [1.165, 1.54) is 16.3 Å². The van der Waals surface area contributed by atoms with Gasteiger partial charge in [0.2, 0.25) is 0 Å². The molecule has 0 bridgehead atoms. The molecule has 21 heavy (non-hydrogen) atoms. The smallest absolute Gasteiger partial charge is 0.0996 e. The number of rotatable bonds is 5. The minimum atomic E-state index is -0.523. The Labute approximate surface area is 124 Å². The van der Waals surface area contributed by atoms with Crippen molar-refractivity contribution in [2.45, 2.75) is 32.4 Å². The fraction of sp³-hybridized carbons (Fsp3) is 0.278. The van der Waals surface area contributed by atoms with E-state index in [0.717, 1.165) is 18.7 Å². The molecule has 2 aromatic carbocycles. The molecule has 3 rings (SSSR count). The highest BCUT2D eigenvalue weighted by Gasteiger charge is 2.14. The molecular weight excluding hydrogens is 260 g/mol. The van der Waals surface area contributed by atoms with Crippen LogP contribution in [0.5, 0.6) is 0 Å². The van der Waals surface area contributed by atoms with Crippen molar-refractivity contribution < 1.29 is 5.11 Å². The van der Waals surface area contributed by atoms with Gasteiger partial charge < -0.3 is 9.67 Å². The molecule has 0 aliphatic rings. The fourth-order valence-electron chi connectivity index (χ4n) is 2.82. The Balaban J connectivity index is 1.89. The molecule has 0 saturated carbocycles. The minimum absolute atomic E-state index is 0.523. The van der Waals surface area contributed by atoms with Crippen LogP contribution in [0, 0.1) is 0 Å². The van der Waals surface area contributed by atoms with E-state index in [4.69, 9.17) is 0 Å². The van der Waals surface area contributed by atoms with E-state index in [9.17, 15) is 5.11 Å². The summed E-state index contributed by atoms with van der Waals surface area (Å²) in [6.07, 6.45) is 4.68. The second-order valence-electron chi connectivity index (χ2n) is 5.37. The molecule has 1 N–H and O–H groups in total. The summed E-state index contributed by atoms with van der Waals surface area (Å²) in [4.78, 5) is 4.17. The van der Waals surface area contributed by atoms with Crippen molar-refractivity contribution in [3.8, 4) is 0 Å². The maximum atomic E-state index is 10.6. The van der Waals surface area contributed by atoms with Gasteiger partial charge in [-0.3, -0.25) is 0 Å². The zero-order valence-electron chi connectivity index (χ0n) is 12.2. The number of aliphatic hydroxyl groups excluding tert-OH is 1. The Morgan fingerprint density at radius 3 is 2.81 bits per heavy atom. The van der Waals surface area contributed by atoms with Crippen molar-refractivity contribution in [1.29, 1.82) is 0 Å². The van der Waals surface area contributed by atoms with Crippen molar-refractivity contribution in [2.75, 3.05) is 0 Å². The van der Waals surface area contributed by atoms with Crippen LogP contribution in [-0.4, -0.2) is 14.7 Å². The Morgan fingerprint density at radius 1 is 1.14 bits per heavy atom. The molecule has 0 spiro atoms. The van der Waals surface area contributed by atoms with E-state index < -0.39 is 6.10 Å². The fourth-order valence-corrected chi connectivity index (χ4v) is 2.82. The lowest BCUT2D eigenvalue weighted by atomic mass is 9.99. The van der Waals surface area contributed by atoms with Gasteiger partial charge in [-0.05, 0) is 22.8 Å². The van der Waals surface area contributed by atoms with Crippen molar-refractivity contribution in [3.05, 3.63) is 66.2 Å². The number of imidazole rings is 1. The number of hydrogen-bond donors (Lipinski definition) is 1. The van der Waals surface area contributed by atoms with E-state index >= 15 is 0 Å². The van der Waals surface area contributed by atoms with Gasteiger partial charge in [0.05, 0.1) is 24.3 Å².